The number of likely N-dealkylation sites (N-methyl/N-ethyl adjacent to an activating group) is 1. The standard InChI is InChI=1S/C24H33FN4O4S/c1-7-26-24(31)19(4)28(15-20-10-8-9-11-21(20)25)23(30)16-29(34(32,33)27(5)6)22-14-17(2)12-13-18(22)3/h8-14,19H,7,15-16H2,1-6H3,(H,26,31)/t19-/m0/s1. The van der Waals surface area contributed by atoms with Crippen LogP contribution in [-0.2, 0) is 26.3 Å². The van der Waals surface area contributed by atoms with Crippen LogP contribution in [0, 0.1) is 19.7 Å². The minimum Gasteiger partial charge on any atom is -0.355 e. The van der Waals surface area contributed by atoms with E-state index in [1.165, 1.54) is 44.1 Å². The third-order valence-electron chi connectivity index (χ3n) is 5.47. The fourth-order valence-corrected chi connectivity index (χ4v) is 4.52. The fourth-order valence-electron chi connectivity index (χ4n) is 3.40. The van der Waals surface area contributed by atoms with Crippen LogP contribution in [0.5, 0.6) is 0 Å². The molecule has 0 aliphatic rings. The first-order valence-electron chi connectivity index (χ1n) is 11.0. The second-order valence-corrected chi connectivity index (χ2v) is 10.3. The first-order valence-corrected chi connectivity index (χ1v) is 12.4. The normalized spacial score (nSPS) is 12.4. The molecule has 0 radical (unpaired) electrons. The van der Waals surface area contributed by atoms with Crippen LogP contribution in [0.4, 0.5) is 10.1 Å². The van der Waals surface area contributed by atoms with Gasteiger partial charge in [0.2, 0.25) is 11.8 Å². The van der Waals surface area contributed by atoms with Crippen molar-refractivity contribution in [3.05, 3.63) is 65.0 Å². The predicted molar refractivity (Wildman–Crippen MR) is 131 cm³/mol. The van der Waals surface area contributed by atoms with E-state index >= 15 is 0 Å². The Labute approximate surface area is 201 Å². The van der Waals surface area contributed by atoms with Gasteiger partial charge in [-0.15, -0.1) is 0 Å². The van der Waals surface area contributed by atoms with Crippen LogP contribution in [-0.4, -0.2) is 62.7 Å². The van der Waals surface area contributed by atoms with Gasteiger partial charge in [0.1, 0.15) is 18.4 Å². The van der Waals surface area contributed by atoms with E-state index in [2.05, 4.69) is 5.32 Å². The molecule has 0 saturated heterocycles. The number of anilines is 1. The molecule has 186 valence electrons. The maximum absolute atomic E-state index is 14.4. The number of nitrogens with zero attached hydrogens (tertiary/aromatic N) is 3. The van der Waals surface area contributed by atoms with Crippen molar-refractivity contribution in [3.63, 3.8) is 0 Å². The molecule has 34 heavy (non-hydrogen) atoms. The molecule has 0 bridgehead atoms. The van der Waals surface area contributed by atoms with Gasteiger partial charge in [-0.3, -0.25) is 9.59 Å². The molecule has 2 rings (SSSR count). The number of nitrogens with one attached hydrogen (secondary N) is 1. The van der Waals surface area contributed by atoms with Gasteiger partial charge >= 0.3 is 10.2 Å². The summed E-state index contributed by atoms with van der Waals surface area (Å²) in [4.78, 5) is 27.3. The lowest BCUT2D eigenvalue weighted by Crippen LogP contribution is -2.52. The number of carbonyl (C=O) groups excluding carboxylic acids is 2. The van der Waals surface area contributed by atoms with Gasteiger partial charge in [0.25, 0.3) is 0 Å². The average Bonchev–Trinajstić information content (AvgIpc) is 2.78. The second-order valence-electron chi connectivity index (χ2n) is 8.27. The Bertz CT molecular complexity index is 1140. The van der Waals surface area contributed by atoms with Crippen LogP contribution < -0.4 is 9.62 Å². The van der Waals surface area contributed by atoms with E-state index in [0.717, 1.165) is 14.2 Å². The second kappa shape index (κ2) is 11.4. The molecule has 1 atom stereocenters. The largest absolute Gasteiger partial charge is 0.355 e. The highest BCUT2D eigenvalue weighted by Crippen LogP contribution is 2.26. The third-order valence-corrected chi connectivity index (χ3v) is 7.27. The number of halogens is 1. The summed E-state index contributed by atoms with van der Waals surface area (Å²) in [5.74, 6) is -1.56. The number of aryl methyl sites for hydroxylation is 2. The number of carbonyl (C=O) groups is 2. The van der Waals surface area contributed by atoms with Crippen molar-refractivity contribution in [2.45, 2.75) is 40.3 Å². The molecule has 0 heterocycles. The highest BCUT2D eigenvalue weighted by Gasteiger charge is 2.33. The number of rotatable bonds is 10. The van der Waals surface area contributed by atoms with Crippen LogP contribution in [0.1, 0.15) is 30.5 Å². The quantitative estimate of drug-likeness (QED) is 0.552. The lowest BCUT2D eigenvalue weighted by Gasteiger charge is -2.33. The maximum atomic E-state index is 14.4. The molecule has 0 unspecified atom stereocenters. The molecule has 10 heteroatoms. The van der Waals surface area contributed by atoms with Gasteiger partial charge in [0.05, 0.1) is 5.69 Å². The van der Waals surface area contributed by atoms with Gasteiger partial charge in [-0.1, -0.05) is 30.3 Å². The summed E-state index contributed by atoms with van der Waals surface area (Å²) < 4.78 is 42.9. The van der Waals surface area contributed by atoms with Crippen molar-refractivity contribution in [1.82, 2.24) is 14.5 Å². The molecule has 0 spiro atoms. The molecule has 1 N–H and O–H groups in total. The van der Waals surface area contributed by atoms with E-state index in [0.29, 0.717) is 17.8 Å². The van der Waals surface area contributed by atoms with Crippen molar-refractivity contribution in [2.24, 2.45) is 0 Å². The molecule has 2 aromatic rings. The zero-order valence-electron chi connectivity index (χ0n) is 20.5. The molecule has 0 saturated carbocycles. The predicted octanol–water partition coefficient (Wildman–Crippen LogP) is 2.61. The Morgan fingerprint density at radius 1 is 1.09 bits per heavy atom. The van der Waals surface area contributed by atoms with Crippen molar-refractivity contribution in [2.75, 3.05) is 31.5 Å². The molecule has 2 amide bonds. The van der Waals surface area contributed by atoms with E-state index in [-0.39, 0.29) is 12.1 Å². The lowest BCUT2D eigenvalue weighted by atomic mass is 10.1. The molecular formula is C24H33FN4O4S. The fraction of sp³-hybridized carbons (Fsp3) is 0.417. The molecule has 0 aliphatic carbocycles. The number of amides is 2. The Morgan fingerprint density at radius 3 is 2.32 bits per heavy atom. The van der Waals surface area contributed by atoms with Crippen LogP contribution >= 0.6 is 0 Å². The zero-order valence-corrected chi connectivity index (χ0v) is 21.3. The van der Waals surface area contributed by atoms with Crippen molar-refractivity contribution in [3.8, 4) is 0 Å². The first kappa shape index (κ1) is 27.3. The highest BCUT2D eigenvalue weighted by molar-refractivity contribution is 7.90. The van der Waals surface area contributed by atoms with Gasteiger partial charge in [-0.2, -0.15) is 12.7 Å². The van der Waals surface area contributed by atoms with Gasteiger partial charge < -0.3 is 10.2 Å². The van der Waals surface area contributed by atoms with Gasteiger partial charge in [-0.05, 0) is 51.0 Å². The third kappa shape index (κ3) is 6.32. The molecule has 0 fully saturated rings. The Balaban J connectivity index is 2.52. The summed E-state index contributed by atoms with van der Waals surface area (Å²) in [5.41, 5.74) is 2.08. The number of benzene rings is 2. The highest BCUT2D eigenvalue weighted by atomic mass is 32.2. The summed E-state index contributed by atoms with van der Waals surface area (Å²) in [6, 6.07) is 10.3. The Kier molecular flexibility index (Phi) is 9.17. The molecule has 8 nitrogen and oxygen atoms in total. The van der Waals surface area contributed by atoms with Gasteiger partial charge in [-0.25, -0.2) is 8.70 Å². The Morgan fingerprint density at radius 2 is 1.74 bits per heavy atom. The summed E-state index contributed by atoms with van der Waals surface area (Å²) in [5, 5.41) is 2.66. The SMILES string of the molecule is CCNC(=O)[C@H](C)N(Cc1ccccc1F)C(=O)CN(c1cc(C)ccc1C)S(=O)(=O)N(C)C. The van der Waals surface area contributed by atoms with Crippen molar-refractivity contribution >= 4 is 27.7 Å². The zero-order chi connectivity index (χ0) is 25.6. The van der Waals surface area contributed by atoms with Crippen LogP contribution in [0.3, 0.4) is 0 Å². The smallest absolute Gasteiger partial charge is 0.304 e. The van der Waals surface area contributed by atoms with Gasteiger partial charge in [0, 0.05) is 32.7 Å². The van der Waals surface area contributed by atoms with Crippen LogP contribution in [0.2, 0.25) is 0 Å². The van der Waals surface area contributed by atoms with Crippen molar-refractivity contribution < 1.29 is 22.4 Å². The summed E-state index contributed by atoms with van der Waals surface area (Å²) in [6.45, 7) is 6.48. The van der Waals surface area contributed by atoms with Gasteiger partial charge in [0.15, 0.2) is 0 Å². The number of hydrogen-bond acceptors (Lipinski definition) is 4. The summed E-state index contributed by atoms with van der Waals surface area (Å²) in [7, 11) is -1.29. The molecule has 0 aliphatic heterocycles. The summed E-state index contributed by atoms with van der Waals surface area (Å²) in [6.07, 6.45) is 0. The van der Waals surface area contributed by atoms with E-state index in [9.17, 15) is 22.4 Å². The monoisotopic (exact) mass is 492 g/mol. The molecule has 2 aromatic carbocycles. The van der Waals surface area contributed by atoms with E-state index in [1.807, 2.05) is 13.0 Å². The van der Waals surface area contributed by atoms with E-state index in [1.54, 1.807) is 32.0 Å². The minimum absolute atomic E-state index is 0.188. The minimum atomic E-state index is -4.05. The van der Waals surface area contributed by atoms with Crippen molar-refractivity contribution in [1.29, 1.82) is 0 Å². The maximum Gasteiger partial charge on any atom is 0.304 e. The topological polar surface area (TPSA) is 90.0 Å². The summed E-state index contributed by atoms with van der Waals surface area (Å²) >= 11 is 0. The molecule has 0 aromatic heterocycles. The van der Waals surface area contributed by atoms with E-state index in [4.69, 9.17) is 0 Å². The lowest BCUT2D eigenvalue weighted by molar-refractivity contribution is -0.139. The first-order chi connectivity index (χ1) is 15.9. The molecular weight excluding hydrogens is 459 g/mol. The average molecular weight is 493 g/mol. The Hall–Kier alpha value is -2.98. The number of hydrogen-bond donors (Lipinski definition) is 1. The van der Waals surface area contributed by atoms with Crippen LogP contribution in [0.15, 0.2) is 42.5 Å². The van der Waals surface area contributed by atoms with E-state index < -0.39 is 40.4 Å². The van der Waals surface area contributed by atoms with Crippen LogP contribution in [0.25, 0.3) is 0 Å².